The van der Waals surface area contributed by atoms with E-state index >= 15 is 0 Å². The normalized spacial score (nSPS) is 13.0. The van der Waals surface area contributed by atoms with Crippen LogP contribution in [0.1, 0.15) is 31.9 Å². The number of hydrogen-bond donors (Lipinski definition) is 2. The number of aryl methyl sites for hydroxylation is 2. The van der Waals surface area contributed by atoms with Gasteiger partial charge in [0.1, 0.15) is 0 Å². The Labute approximate surface area is 90.3 Å². The van der Waals surface area contributed by atoms with Crippen molar-refractivity contribution < 1.29 is 5.11 Å². The van der Waals surface area contributed by atoms with Gasteiger partial charge in [-0.15, -0.1) is 5.10 Å². The Morgan fingerprint density at radius 3 is 3.00 bits per heavy atom. The second-order valence-electron chi connectivity index (χ2n) is 3.86. The molecule has 0 amide bonds. The zero-order chi connectivity index (χ0) is 11.1. The zero-order valence-electron chi connectivity index (χ0n) is 9.26. The molecule has 86 valence electrons. The molecule has 1 rings (SSSR count). The molecule has 0 aliphatic carbocycles. The van der Waals surface area contributed by atoms with Crippen molar-refractivity contribution in [3.05, 3.63) is 11.9 Å². The first-order chi connectivity index (χ1) is 7.22. The monoisotopic (exact) mass is 212 g/mol. The van der Waals surface area contributed by atoms with Crippen LogP contribution in [0, 0.1) is 0 Å². The Morgan fingerprint density at radius 1 is 1.53 bits per heavy atom. The maximum Gasteiger partial charge on any atom is 0.0827 e. The SMILES string of the molecule is CC(O)CCn1cc(CCCCN)nn1. The van der Waals surface area contributed by atoms with Crippen molar-refractivity contribution in [2.45, 2.75) is 45.3 Å². The first kappa shape index (κ1) is 12.1. The topological polar surface area (TPSA) is 77.0 Å². The lowest BCUT2D eigenvalue weighted by molar-refractivity contribution is 0.176. The molecular formula is C10H20N4O. The minimum atomic E-state index is -0.283. The highest BCUT2D eigenvalue weighted by Crippen LogP contribution is 2.01. The van der Waals surface area contributed by atoms with Crippen molar-refractivity contribution in [2.24, 2.45) is 5.73 Å². The third-order valence-electron chi connectivity index (χ3n) is 2.25. The van der Waals surface area contributed by atoms with Gasteiger partial charge in [0, 0.05) is 12.7 Å². The minimum absolute atomic E-state index is 0.283. The lowest BCUT2D eigenvalue weighted by atomic mass is 10.2. The molecule has 5 heteroatoms. The van der Waals surface area contributed by atoms with Gasteiger partial charge in [0.15, 0.2) is 0 Å². The van der Waals surface area contributed by atoms with Crippen molar-refractivity contribution in [2.75, 3.05) is 6.54 Å². The van der Waals surface area contributed by atoms with Gasteiger partial charge < -0.3 is 10.8 Å². The molecule has 0 bridgehead atoms. The average Bonchev–Trinajstić information content (AvgIpc) is 2.63. The molecule has 0 aliphatic rings. The number of aromatic nitrogens is 3. The van der Waals surface area contributed by atoms with E-state index in [0.717, 1.165) is 38.0 Å². The molecule has 0 saturated carbocycles. The lowest BCUT2D eigenvalue weighted by Crippen LogP contribution is -2.07. The smallest absolute Gasteiger partial charge is 0.0827 e. The Balaban J connectivity index is 2.29. The number of nitrogens with two attached hydrogens (primary N) is 1. The fourth-order valence-electron chi connectivity index (χ4n) is 1.33. The van der Waals surface area contributed by atoms with Crippen molar-refractivity contribution in [3.8, 4) is 0 Å². The summed E-state index contributed by atoms with van der Waals surface area (Å²) in [6.07, 6.45) is 5.40. The van der Waals surface area contributed by atoms with E-state index in [4.69, 9.17) is 10.8 Å². The number of rotatable bonds is 7. The molecule has 1 aromatic heterocycles. The van der Waals surface area contributed by atoms with Gasteiger partial charge in [-0.2, -0.15) is 0 Å². The first-order valence-corrected chi connectivity index (χ1v) is 5.49. The van der Waals surface area contributed by atoms with Crippen LogP contribution in [0.5, 0.6) is 0 Å². The molecule has 0 aromatic carbocycles. The van der Waals surface area contributed by atoms with E-state index in [1.54, 1.807) is 11.6 Å². The molecule has 1 unspecified atom stereocenters. The van der Waals surface area contributed by atoms with Crippen LogP contribution in [-0.4, -0.2) is 32.7 Å². The summed E-state index contributed by atoms with van der Waals surface area (Å²) in [5, 5.41) is 17.2. The molecule has 0 radical (unpaired) electrons. The van der Waals surface area contributed by atoms with E-state index < -0.39 is 0 Å². The summed E-state index contributed by atoms with van der Waals surface area (Å²) in [7, 11) is 0. The van der Waals surface area contributed by atoms with Gasteiger partial charge in [0.2, 0.25) is 0 Å². The van der Waals surface area contributed by atoms with Gasteiger partial charge in [0.05, 0.1) is 11.8 Å². The molecule has 3 N–H and O–H groups in total. The summed E-state index contributed by atoms with van der Waals surface area (Å²) < 4.78 is 1.78. The summed E-state index contributed by atoms with van der Waals surface area (Å²) >= 11 is 0. The third kappa shape index (κ3) is 4.90. The van der Waals surface area contributed by atoms with Crippen LogP contribution in [0.2, 0.25) is 0 Å². The van der Waals surface area contributed by atoms with Crippen LogP contribution in [0.25, 0.3) is 0 Å². The summed E-state index contributed by atoms with van der Waals surface area (Å²) in [5.41, 5.74) is 6.42. The number of hydrogen-bond acceptors (Lipinski definition) is 4. The van der Waals surface area contributed by atoms with Gasteiger partial charge in [-0.1, -0.05) is 5.21 Å². The first-order valence-electron chi connectivity index (χ1n) is 5.49. The molecular weight excluding hydrogens is 192 g/mol. The summed E-state index contributed by atoms with van der Waals surface area (Å²) in [6.45, 7) is 3.23. The van der Waals surface area contributed by atoms with Crippen molar-refractivity contribution in [1.29, 1.82) is 0 Å². The van der Waals surface area contributed by atoms with Crippen LogP contribution >= 0.6 is 0 Å². The maximum absolute atomic E-state index is 9.12. The summed E-state index contributed by atoms with van der Waals surface area (Å²) in [4.78, 5) is 0. The van der Waals surface area contributed by atoms with E-state index in [-0.39, 0.29) is 6.10 Å². The average molecular weight is 212 g/mol. The highest BCUT2D eigenvalue weighted by Gasteiger charge is 2.01. The fourth-order valence-corrected chi connectivity index (χ4v) is 1.33. The number of nitrogens with zero attached hydrogens (tertiary/aromatic N) is 3. The second kappa shape index (κ2) is 6.53. The number of unbranched alkanes of at least 4 members (excludes halogenated alkanes) is 1. The molecule has 1 aromatic rings. The zero-order valence-corrected chi connectivity index (χ0v) is 9.26. The molecule has 0 spiro atoms. The summed E-state index contributed by atoms with van der Waals surface area (Å²) in [6, 6.07) is 0. The van der Waals surface area contributed by atoms with Gasteiger partial charge in [0.25, 0.3) is 0 Å². The van der Waals surface area contributed by atoms with Crippen molar-refractivity contribution >= 4 is 0 Å². The predicted molar refractivity (Wildman–Crippen MR) is 58.3 cm³/mol. The number of aliphatic hydroxyl groups excluding tert-OH is 1. The molecule has 0 fully saturated rings. The van der Waals surface area contributed by atoms with E-state index in [1.807, 2.05) is 6.20 Å². The number of aliphatic hydroxyl groups is 1. The van der Waals surface area contributed by atoms with E-state index in [1.165, 1.54) is 0 Å². The molecule has 0 saturated heterocycles. The molecule has 15 heavy (non-hydrogen) atoms. The van der Waals surface area contributed by atoms with Crippen molar-refractivity contribution in [1.82, 2.24) is 15.0 Å². The van der Waals surface area contributed by atoms with Gasteiger partial charge >= 0.3 is 0 Å². The van der Waals surface area contributed by atoms with Crippen LogP contribution in [0.15, 0.2) is 6.20 Å². The Bertz CT molecular complexity index is 272. The van der Waals surface area contributed by atoms with Crippen molar-refractivity contribution in [3.63, 3.8) is 0 Å². The molecule has 0 aliphatic heterocycles. The Kier molecular flexibility index (Phi) is 5.28. The van der Waals surface area contributed by atoms with E-state index in [9.17, 15) is 0 Å². The van der Waals surface area contributed by atoms with Gasteiger partial charge in [-0.3, -0.25) is 4.68 Å². The highest BCUT2D eigenvalue weighted by atomic mass is 16.3. The fraction of sp³-hybridized carbons (Fsp3) is 0.800. The molecule has 5 nitrogen and oxygen atoms in total. The Morgan fingerprint density at radius 2 is 2.33 bits per heavy atom. The standard InChI is InChI=1S/C10H20N4O/c1-9(15)5-7-14-8-10(12-13-14)4-2-3-6-11/h8-9,15H,2-7,11H2,1H3. The molecule has 1 heterocycles. The van der Waals surface area contributed by atoms with E-state index in [0.29, 0.717) is 6.42 Å². The third-order valence-corrected chi connectivity index (χ3v) is 2.25. The largest absolute Gasteiger partial charge is 0.393 e. The van der Waals surface area contributed by atoms with Crippen LogP contribution < -0.4 is 5.73 Å². The highest BCUT2D eigenvalue weighted by molar-refractivity contribution is 4.92. The minimum Gasteiger partial charge on any atom is -0.393 e. The van der Waals surface area contributed by atoms with E-state index in [2.05, 4.69) is 10.3 Å². The maximum atomic E-state index is 9.12. The van der Waals surface area contributed by atoms with Crippen LogP contribution in [0.3, 0.4) is 0 Å². The summed E-state index contributed by atoms with van der Waals surface area (Å²) in [5.74, 6) is 0. The Hall–Kier alpha value is -0.940. The molecule has 1 atom stereocenters. The lowest BCUT2D eigenvalue weighted by Gasteiger charge is -2.02. The van der Waals surface area contributed by atoms with Crippen LogP contribution in [-0.2, 0) is 13.0 Å². The predicted octanol–water partition coefficient (Wildman–Crippen LogP) is 0.330. The second-order valence-corrected chi connectivity index (χ2v) is 3.86. The van der Waals surface area contributed by atoms with Gasteiger partial charge in [-0.25, -0.2) is 0 Å². The van der Waals surface area contributed by atoms with Crippen LogP contribution in [0.4, 0.5) is 0 Å². The quantitative estimate of drug-likeness (QED) is 0.639. The van der Waals surface area contributed by atoms with Gasteiger partial charge in [-0.05, 0) is 39.2 Å².